The number of anilines is 1. The molecule has 0 aliphatic carbocycles. The number of nitrogens with one attached hydrogen (secondary N) is 1. The summed E-state index contributed by atoms with van der Waals surface area (Å²) in [6, 6.07) is 23.5. The SMILES string of the molecule is O=C(CCCSc1nnc(-c2ccccc2Cl)n1-c1ccccc1)Nc1ccccc1F. The van der Waals surface area contributed by atoms with Gasteiger partial charge in [-0.15, -0.1) is 10.2 Å². The standard InChI is InChI=1S/C24H20ClFN4OS/c25-19-12-5-4-11-18(19)23-28-29-24(30(23)17-9-2-1-3-10-17)32-16-8-15-22(31)27-21-14-7-6-13-20(21)26/h1-7,9-14H,8,15-16H2,(H,27,31). The molecule has 3 aromatic carbocycles. The average Bonchev–Trinajstić information content (AvgIpc) is 3.23. The summed E-state index contributed by atoms with van der Waals surface area (Å²) in [5.41, 5.74) is 1.91. The second kappa shape index (κ2) is 10.4. The number of thioether (sulfide) groups is 1. The van der Waals surface area contributed by atoms with Crippen LogP contribution in [-0.2, 0) is 4.79 Å². The zero-order chi connectivity index (χ0) is 22.3. The number of halogens is 2. The summed E-state index contributed by atoms with van der Waals surface area (Å²) in [6.07, 6.45) is 0.881. The topological polar surface area (TPSA) is 59.8 Å². The Morgan fingerprint density at radius 1 is 0.969 bits per heavy atom. The van der Waals surface area contributed by atoms with Crippen LogP contribution in [0.3, 0.4) is 0 Å². The molecule has 0 unspecified atom stereocenters. The molecule has 1 amide bonds. The highest BCUT2D eigenvalue weighted by Crippen LogP contribution is 2.32. The number of benzene rings is 3. The third-order valence-corrected chi connectivity index (χ3v) is 6.03. The molecule has 1 N–H and O–H groups in total. The molecule has 0 fully saturated rings. The molecular weight excluding hydrogens is 447 g/mol. The Morgan fingerprint density at radius 3 is 2.47 bits per heavy atom. The van der Waals surface area contributed by atoms with Gasteiger partial charge in [-0.3, -0.25) is 9.36 Å². The van der Waals surface area contributed by atoms with Gasteiger partial charge in [-0.05, 0) is 42.8 Å². The minimum absolute atomic E-state index is 0.193. The summed E-state index contributed by atoms with van der Waals surface area (Å²) in [6.45, 7) is 0. The van der Waals surface area contributed by atoms with Crippen molar-refractivity contribution in [2.24, 2.45) is 0 Å². The van der Waals surface area contributed by atoms with Crippen LogP contribution in [0, 0.1) is 5.82 Å². The van der Waals surface area contributed by atoms with E-state index in [0.717, 1.165) is 11.3 Å². The predicted octanol–water partition coefficient (Wildman–Crippen LogP) is 6.24. The molecule has 0 aliphatic rings. The molecular formula is C24H20ClFN4OS. The number of aromatic nitrogens is 3. The highest BCUT2D eigenvalue weighted by molar-refractivity contribution is 7.99. The van der Waals surface area contributed by atoms with Crippen LogP contribution in [0.25, 0.3) is 17.1 Å². The highest BCUT2D eigenvalue weighted by Gasteiger charge is 2.18. The Morgan fingerprint density at radius 2 is 1.69 bits per heavy atom. The highest BCUT2D eigenvalue weighted by atomic mass is 35.5. The zero-order valence-corrected chi connectivity index (χ0v) is 18.6. The number of para-hydroxylation sites is 2. The third-order valence-electron chi connectivity index (χ3n) is 4.69. The van der Waals surface area contributed by atoms with E-state index in [-0.39, 0.29) is 18.0 Å². The zero-order valence-electron chi connectivity index (χ0n) is 17.0. The maximum atomic E-state index is 13.7. The molecule has 1 heterocycles. The van der Waals surface area contributed by atoms with Crippen LogP contribution < -0.4 is 5.32 Å². The maximum Gasteiger partial charge on any atom is 0.224 e. The Labute approximate surface area is 194 Å². The van der Waals surface area contributed by atoms with E-state index in [9.17, 15) is 9.18 Å². The molecule has 32 heavy (non-hydrogen) atoms. The minimum Gasteiger partial charge on any atom is -0.324 e. The molecule has 0 aliphatic heterocycles. The summed E-state index contributed by atoms with van der Waals surface area (Å²) in [7, 11) is 0. The lowest BCUT2D eigenvalue weighted by atomic mass is 10.2. The van der Waals surface area contributed by atoms with E-state index in [0.29, 0.717) is 28.2 Å². The molecule has 0 saturated heterocycles. The van der Waals surface area contributed by atoms with Gasteiger partial charge in [0.2, 0.25) is 5.91 Å². The normalized spacial score (nSPS) is 10.8. The van der Waals surface area contributed by atoms with E-state index in [4.69, 9.17) is 11.6 Å². The van der Waals surface area contributed by atoms with E-state index in [1.807, 2.05) is 59.2 Å². The molecule has 0 radical (unpaired) electrons. The first kappa shape index (κ1) is 22.0. The number of carbonyl (C=O) groups excluding carboxylic acids is 1. The lowest BCUT2D eigenvalue weighted by Gasteiger charge is -2.11. The number of hydrogen-bond donors (Lipinski definition) is 1. The third kappa shape index (κ3) is 5.18. The fourth-order valence-electron chi connectivity index (χ4n) is 3.16. The molecule has 8 heteroatoms. The molecule has 5 nitrogen and oxygen atoms in total. The van der Waals surface area contributed by atoms with Crippen LogP contribution in [0.2, 0.25) is 5.02 Å². The van der Waals surface area contributed by atoms with Gasteiger partial charge in [0, 0.05) is 23.4 Å². The Hall–Kier alpha value is -3.16. The maximum absolute atomic E-state index is 13.7. The second-order valence-electron chi connectivity index (χ2n) is 6.94. The van der Waals surface area contributed by atoms with Crippen molar-refractivity contribution < 1.29 is 9.18 Å². The predicted molar refractivity (Wildman–Crippen MR) is 127 cm³/mol. The number of amides is 1. The van der Waals surface area contributed by atoms with Crippen LogP contribution in [0.15, 0.2) is 84.0 Å². The monoisotopic (exact) mass is 466 g/mol. The van der Waals surface area contributed by atoms with Crippen molar-refractivity contribution in [1.82, 2.24) is 14.8 Å². The summed E-state index contributed by atoms with van der Waals surface area (Å²) in [4.78, 5) is 12.2. The van der Waals surface area contributed by atoms with Crippen molar-refractivity contribution in [2.75, 3.05) is 11.1 Å². The van der Waals surface area contributed by atoms with Crippen molar-refractivity contribution in [1.29, 1.82) is 0 Å². The van der Waals surface area contributed by atoms with E-state index in [1.165, 1.54) is 17.8 Å². The number of rotatable bonds is 8. The van der Waals surface area contributed by atoms with Crippen molar-refractivity contribution in [3.8, 4) is 17.1 Å². The van der Waals surface area contributed by atoms with Gasteiger partial charge in [-0.25, -0.2) is 4.39 Å². The first-order valence-electron chi connectivity index (χ1n) is 10.1. The van der Waals surface area contributed by atoms with E-state index >= 15 is 0 Å². The van der Waals surface area contributed by atoms with Crippen molar-refractivity contribution in [3.05, 3.63) is 89.7 Å². The summed E-state index contributed by atoms with van der Waals surface area (Å²) < 4.78 is 15.7. The summed E-state index contributed by atoms with van der Waals surface area (Å²) in [5.74, 6) is 0.634. The van der Waals surface area contributed by atoms with Gasteiger partial charge in [0.25, 0.3) is 0 Å². The molecule has 162 valence electrons. The molecule has 0 spiro atoms. The van der Waals surface area contributed by atoms with Crippen molar-refractivity contribution >= 4 is 35.0 Å². The van der Waals surface area contributed by atoms with Crippen LogP contribution in [0.1, 0.15) is 12.8 Å². The quantitative estimate of drug-likeness (QED) is 0.247. The fraction of sp³-hybridized carbons (Fsp3) is 0.125. The largest absolute Gasteiger partial charge is 0.324 e. The van der Waals surface area contributed by atoms with Crippen LogP contribution in [0.4, 0.5) is 10.1 Å². The van der Waals surface area contributed by atoms with E-state index in [1.54, 1.807) is 18.2 Å². The first-order chi connectivity index (χ1) is 15.6. The van der Waals surface area contributed by atoms with Crippen molar-refractivity contribution in [2.45, 2.75) is 18.0 Å². The van der Waals surface area contributed by atoms with Gasteiger partial charge in [0.05, 0.1) is 10.7 Å². The molecule has 1 aromatic heterocycles. The number of hydrogen-bond acceptors (Lipinski definition) is 4. The summed E-state index contributed by atoms with van der Waals surface area (Å²) >= 11 is 7.91. The second-order valence-corrected chi connectivity index (χ2v) is 8.41. The minimum atomic E-state index is -0.446. The lowest BCUT2D eigenvalue weighted by molar-refractivity contribution is -0.116. The van der Waals surface area contributed by atoms with Crippen LogP contribution in [0.5, 0.6) is 0 Å². The van der Waals surface area contributed by atoms with Crippen LogP contribution in [-0.4, -0.2) is 26.4 Å². The van der Waals surface area contributed by atoms with Crippen LogP contribution >= 0.6 is 23.4 Å². The van der Waals surface area contributed by atoms with Crippen molar-refractivity contribution in [3.63, 3.8) is 0 Å². The lowest BCUT2D eigenvalue weighted by Crippen LogP contribution is -2.12. The average molecular weight is 467 g/mol. The summed E-state index contributed by atoms with van der Waals surface area (Å²) in [5, 5.41) is 12.7. The van der Waals surface area contributed by atoms with E-state index < -0.39 is 5.82 Å². The molecule has 4 aromatic rings. The fourth-order valence-corrected chi connectivity index (χ4v) is 4.27. The van der Waals surface area contributed by atoms with Gasteiger partial charge in [-0.2, -0.15) is 0 Å². The van der Waals surface area contributed by atoms with Gasteiger partial charge >= 0.3 is 0 Å². The smallest absolute Gasteiger partial charge is 0.224 e. The Kier molecular flexibility index (Phi) is 7.19. The Bertz CT molecular complexity index is 1220. The molecule has 0 atom stereocenters. The Balaban J connectivity index is 1.45. The van der Waals surface area contributed by atoms with Gasteiger partial charge in [0.15, 0.2) is 11.0 Å². The molecule has 0 saturated carbocycles. The molecule has 4 rings (SSSR count). The first-order valence-corrected chi connectivity index (χ1v) is 11.4. The number of nitrogens with zero attached hydrogens (tertiary/aromatic N) is 3. The van der Waals surface area contributed by atoms with Gasteiger partial charge in [0.1, 0.15) is 5.82 Å². The number of carbonyl (C=O) groups is 1. The van der Waals surface area contributed by atoms with Gasteiger partial charge < -0.3 is 5.32 Å². The molecule has 0 bridgehead atoms. The van der Waals surface area contributed by atoms with Gasteiger partial charge in [-0.1, -0.05) is 65.8 Å². The van der Waals surface area contributed by atoms with E-state index in [2.05, 4.69) is 15.5 Å².